The molecular weight excluding hydrogens is 484 g/mol. The normalized spacial score (nSPS) is 12.6. The Morgan fingerprint density at radius 2 is 1.96 bits per heavy atom. The Morgan fingerprint density at radius 1 is 1.21 bits per heavy atom. The fraction of sp³-hybridized carbons (Fsp3) is 0.286. The van der Waals surface area contributed by atoms with E-state index in [4.69, 9.17) is 4.98 Å². The number of aromatic nitrogens is 2. The van der Waals surface area contributed by atoms with Crippen LogP contribution in [0.4, 0.5) is 5.69 Å². The zero-order valence-corrected chi connectivity index (χ0v) is 19.5. The van der Waals surface area contributed by atoms with Crippen molar-refractivity contribution in [2.24, 2.45) is 5.10 Å². The van der Waals surface area contributed by atoms with E-state index in [0.717, 1.165) is 26.6 Å². The van der Waals surface area contributed by atoms with Gasteiger partial charge in [0.25, 0.3) is 5.56 Å². The largest absolute Gasteiger partial charge is 0.377 e. The summed E-state index contributed by atoms with van der Waals surface area (Å²) in [5.74, 6) is 0.781. The molecule has 0 spiro atoms. The lowest BCUT2D eigenvalue weighted by atomic mass is 10.1. The van der Waals surface area contributed by atoms with Gasteiger partial charge in [-0.1, -0.05) is 35.8 Å². The van der Waals surface area contributed by atoms with E-state index in [-0.39, 0.29) is 11.5 Å². The van der Waals surface area contributed by atoms with Crippen molar-refractivity contribution < 1.29 is 0 Å². The molecule has 1 aromatic heterocycles. The Labute approximate surface area is 181 Å². The molecule has 0 saturated heterocycles. The first-order valence-corrected chi connectivity index (χ1v) is 10.6. The van der Waals surface area contributed by atoms with E-state index in [1.165, 1.54) is 4.68 Å². The average Bonchev–Trinajstić information content (AvgIpc) is 2.66. The van der Waals surface area contributed by atoms with Gasteiger partial charge in [-0.25, -0.2) is 4.98 Å². The molecule has 0 aliphatic rings. The minimum Gasteiger partial charge on any atom is -0.377 e. The first-order chi connectivity index (χ1) is 13.3. The Kier molecular flexibility index (Phi) is 6.35. The third-order valence-corrected chi connectivity index (χ3v) is 5.79. The highest BCUT2D eigenvalue weighted by Crippen LogP contribution is 2.25. The molecule has 7 heteroatoms. The maximum Gasteiger partial charge on any atom is 0.282 e. The summed E-state index contributed by atoms with van der Waals surface area (Å²) in [6.07, 6.45) is 2.57. The Balaban J connectivity index is 2.13. The molecule has 0 N–H and O–H groups in total. The molecule has 0 radical (unpaired) electrons. The van der Waals surface area contributed by atoms with Crippen LogP contribution in [0.5, 0.6) is 0 Å². The summed E-state index contributed by atoms with van der Waals surface area (Å²) >= 11 is 7.02. The second-order valence-corrected chi connectivity index (χ2v) is 8.68. The zero-order valence-electron chi connectivity index (χ0n) is 16.3. The predicted octanol–water partition coefficient (Wildman–Crippen LogP) is 5.38. The highest BCUT2D eigenvalue weighted by molar-refractivity contribution is 9.10. The first kappa shape index (κ1) is 20.7. The molecular formula is C21H22Br2N4O. The minimum absolute atomic E-state index is 0.112. The third-order valence-electron chi connectivity index (χ3n) is 4.66. The average molecular weight is 506 g/mol. The lowest BCUT2D eigenvalue weighted by molar-refractivity contribution is 0.613. The van der Waals surface area contributed by atoms with Crippen LogP contribution >= 0.6 is 31.9 Å². The Hall–Kier alpha value is -1.99. The van der Waals surface area contributed by atoms with Gasteiger partial charge in [-0.15, -0.1) is 0 Å². The number of fused-ring (bicyclic) bond motifs is 1. The number of hydrogen-bond donors (Lipinski definition) is 0. The molecule has 1 atom stereocenters. The molecule has 0 fully saturated rings. The van der Waals surface area contributed by atoms with Gasteiger partial charge >= 0.3 is 0 Å². The van der Waals surface area contributed by atoms with Gasteiger partial charge in [-0.2, -0.15) is 9.78 Å². The molecule has 5 nitrogen and oxygen atoms in total. The van der Waals surface area contributed by atoms with Crippen molar-refractivity contribution >= 4 is 54.7 Å². The molecule has 3 aromatic rings. The minimum atomic E-state index is -0.165. The first-order valence-electron chi connectivity index (χ1n) is 9.05. The highest BCUT2D eigenvalue weighted by atomic mass is 79.9. The van der Waals surface area contributed by atoms with Crippen molar-refractivity contribution in [1.82, 2.24) is 9.66 Å². The molecule has 0 bridgehead atoms. The van der Waals surface area contributed by atoms with Gasteiger partial charge in [0.2, 0.25) is 0 Å². The van der Waals surface area contributed by atoms with E-state index >= 15 is 0 Å². The Morgan fingerprint density at radius 3 is 2.61 bits per heavy atom. The molecule has 0 aliphatic carbocycles. The zero-order chi connectivity index (χ0) is 20.4. The molecule has 1 heterocycles. The van der Waals surface area contributed by atoms with Crippen molar-refractivity contribution in [2.75, 3.05) is 19.0 Å². The fourth-order valence-corrected chi connectivity index (χ4v) is 3.98. The van der Waals surface area contributed by atoms with Crippen molar-refractivity contribution in [2.45, 2.75) is 26.2 Å². The number of halogens is 2. The topological polar surface area (TPSA) is 50.5 Å². The maximum absolute atomic E-state index is 13.1. The van der Waals surface area contributed by atoms with Gasteiger partial charge in [0.15, 0.2) is 0 Å². The van der Waals surface area contributed by atoms with Gasteiger partial charge in [0.05, 0.1) is 22.8 Å². The van der Waals surface area contributed by atoms with Gasteiger partial charge in [-0.05, 0) is 58.2 Å². The van der Waals surface area contributed by atoms with Crippen LogP contribution in [0.2, 0.25) is 0 Å². The molecule has 0 saturated carbocycles. The van der Waals surface area contributed by atoms with E-state index < -0.39 is 0 Å². The molecule has 0 amide bonds. The van der Waals surface area contributed by atoms with Gasteiger partial charge in [-0.3, -0.25) is 4.79 Å². The summed E-state index contributed by atoms with van der Waals surface area (Å²) < 4.78 is 3.24. The molecule has 2 aromatic carbocycles. The van der Waals surface area contributed by atoms with Gasteiger partial charge in [0.1, 0.15) is 5.82 Å². The molecule has 146 valence electrons. The van der Waals surface area contributed by atoms with E-state index in [9.17, 15) is 4.79 Å². The standard InChI is InChI=1S/C21H22Br2N4O/c1-5-13(2)20-25-18-8-7-15(22)11-16(18)21(28)27(20)24-12-14-6-9-19(26(3)4)17(23)10-14/h6-13H,5H2,1-4H3/t13-/m0/s1. The van der Waals surface area contributed by atoms with Crippen molar-refractivity contribution in [3.05, 3.63) is 67.1 Å². The quantitative estimate of drug-likeness (QED) is 0.437. The van der Waals surface area contributed by atoms with Crippen LogP contribution in [-0.2, 0) is 0 Å². The number of rotatable bonds is 5. The van der Waals surface area contributed by atoms with Crippen LogP contribution in [0, 0.1) is 0 Å². The van der Waals surface area contributed by atoms with E-state index in [1.54, 1.807) is 12.3 Å². The number of hydrogen-bond acceptors (Lipinski definition) is 4. The van der Waals surface area contributed by atoms with Crippen molar-refractivity contribution in [3.63, 3.8) is 0 Å². The SMILES string of the molecule is CC[C@H](C)c1nc2ccc(Br)cc2c(=O)n1N=Cc1ccc(N(C)C)c(Br)c1. The van der Waals surface area contributed by atoms with Gasteiger partial charge < -0.3 is 4.90 Å². The van der Waals surface area contributed by atoms with Gasteiger partial charge in [0, 0.05) is 29.0 Å². The van der Waals surface area contributed by atoms with Crippen molar-refractivity contribution in [3.8, 4) is 0 Å². The summed E-state index contributed by atoms with van der Waals surface area (Å²) in [5.41, 5.74) is 2.50. The molecule has 0 unspecified atom stereocenters. The Bertz CT molecular complexity index is 1110. The summed E-state index contributed by atoms with van der Waals surface area (Å²) in [4.78, 5) is 19.9. The molecule has 0 aliphatic heterocycles. The fourth-order valence-electron chi connectivity index (χ4n) is 2.87. The van der Waals surface area contributed by atoms with Crippen LogP contribution in [0.15, 0.2) is 55.2 Å². The molecule has 3 rings (SSSR count). The lowest BCUT2D eigenvalue weighted by Crippen LogP contribution is -2.23. The highest BCUT2D eigenvalue weighted by Gasteiger charge is 2.15. The van der Waals surface area contributed by atoms with Crippen LogP contribution in [-0.4, -0.2) is 30.0 Å². The molecule has 28 heavy (non-hydrogen) atoms. The van der Waals surface area contributed by atoms with Crippen LogP contribution in [0.25, 0.3) is 10.9 Å². The van der Waals surface area contributed by atoms with E-state index in [1.807, 2.05) is 49.3 Å². The van der Waals surface area contributed by atoms with Crippen LogP contribution < -0.4 is 10.5 Å². The monoisotopic (exact) mass is 504 g/mol. The third kappa shape index (κ3) is 4.20. The number of anilines is 1. The smallest absolute Gasteiger partial charge is 0.282 e. The van der Waals surface area contributed by atoms with E-state index in [2.05, 4.69) is 50.8 Å². The lowest BCUT2D eigenvalue weighted by Gasteiger charge is -2.15. The maximum atomic E-state index is 13.1. The summed E-state index contributed by atoms with van der Waals surface area (Å²) in [7, 11) is 3.98. The number of nitrogens with zero attached hydrogens (tertiary/aromatic N) is 4. The van der Waals surface area contributed by atoms with Crippen LogP contribution in [0.3, 0.4) is 0 Å². The summed E-state index contributed by atoms with van der Waals surface area (Å²) in [6, 6.07) is 11.5. The summed E-state index contributed by atoms with van der Waals surface area (Å²) in [5, 5.41) is 5.05. The van der Waals surface area contributed by atoms with Crippen molar-refractivity contribution in [1.29, 1.82) is 0 Å². The number of benzene rings is 2. The second-order valence-electron chi connectivity index (χ2n) is 6.91. The second kappa shape index (κ2) is 8.57. The van der Waals surface area contributed by atoms with Crippen LogP contribution in [0.1, 0.15) is 37.6 Å². The predicted molar refractivity (Wildman–Crippen MR) is 124 cm³/mol. The summed E-state index contributed by atoms with van der Waals surface area (Å²) in [6.45, 7) is 4.13. The van der Waals surface area contributed by atoms with E-state index in [0.29, 0.717) is 16.7 Å².